The van der Waals surface area contributed by atoms with Crippen molar-refractivity contribution in [3.63, 3.8) is 0 Å². The number of nitrogens with zero attached hydrogens (tertiary/aromatic N) is 1. The second-order valence-corrected chi connectivity index (χ2v) is 7.66. The summed E-state index contributed by atoms with van der Waals surface area (Å²) in [7, 11) is 0. The summed E-state index contributed by atoms with van der Waals surface area (Å²) in [5.74, 6) is -1.12. The highest BCUT2D eigenvalue weighted by Crippen LogP contribution is 2.28. The van der Waals surface area contributed by atoms with E-state index in [4.69, 9.17) is 0 Å². The van der Waals surface area contributed by atoms with Gasteiger partial charge in [0.05, 0.1) is 11.1 Å². The van der Waals surface area contributed by atoms with E-state index in [0.29, 0.717) is 27.7 Å². The standard InChI is InChI=1S/C25H22N4O4/c1-15-11-12-17(22-18-9-5-6-10-19(18)23(30)29-28-22)14-20(15)26-25(33)27-21(24(31)32)13-16-7-3-2-4-8-16/h2-12,14,21H,13H2,1H3,(H,29,30)(H,31,32)(H2,26,27,33)/t21-/m1/s1. The average Bonchev–Trinajstić information content (AvgIpc) is 2.81. The molecule has 4 N–H and O–H groups in total. The van der Waals surface area contributed by atoms with Gasteiger partial charge in [-0.2, -0.15) is 5.10 Å². The highest BCUT2D eigenvalue weighted by Gasteiger charge is 2.21. The van der Waals surface area contributed by atoms with E-state index in [1.165, 1.54) is 0 Å². The van der Waals surface area contributed by atoms with Gasteiger partial charge >= 0.3 is 12.0 Å². The Balaban J connectivity index is 1.57. The van der Waals surface area contributed by atoms with Crippen molar-refractivity contribution in [3.8, 4) is 11.3 Å². The van der Waals surface area contributed by atoms with Crippen molar-refractivity contribution >= 4 is 28.5 Å². The molecule has 8 nitrogen and oxygen atoms in total. The van der Waals surface area contributed by atoms with E-state index in [9.17, 15) is 19.5 Å². The molecule has 1 aromatic heterocycles. The molecular weight excluding hydrogens is 420 g/mol. The summed E-state index contributed by atoms with van der Waals surface area (Å²) in [5, 5.41) is 22.7. The molecule has 0 fully saturated rings. The zero-order chi connectivity index (χ0) is 23.4. The lowest BCUT2D eigenvalue weighted by molar-refractivity contribution is -0.139. The molecule has 3 aromatic carbocycles. The summed E-state index contributed by atoms with van der Waals surface area (Å²) in [6, 6.07) is 19.9. The van der Waals surface area contributed by atoms with Gasteiger partial charge in [0.15, 0.2) is 0 Å². The van der Waals surface area contributed by atoms with Crippen LogP contribution in [0, 0.1) is 6.92 Å². The number of nitrogens with one attached hydrogen (secondary N) is 3. The lowest BCUT2D eigenvalue weighted by Crippen LogP contribution is -2.44. The Bertz CT molecular complexity index is 1380. The average molecular weight is 442 g/mol. The summed E-state index contributed by atoms with van der Waals surface area (Å²) < 4.78 is 0. The van der Waals surface area contributed by atoms with Gasteiger partial charge in [-0.25, -0.2) is 14.7 Å². The molecular formula is C25H22N4O4. The van der Waals surface area contributed by atoms with E-state index in [2.05, 4.69) is 20.8 Å². The van der Waals surface area contributed by atoms with Crippen LogP contribution in [0.1, 0.15) is 11.1 Å². The number of hydrogen-bond donors (Lipinski definition) is 4. The number of aliphatic carboxylic acids is 1. The molecule has 0 aliphatic carbocycles. The molecule has 166 valence electrons. The van der Waals surface area contributed by atoms with Gasteiger partial charge in [0.2, 0.25) is 0 Å². The predicted molar refractivity (Wildman–Crippen MR) is 126 cm³/mol. The van der Waals surface area contributed by atoms with Crippen LogP contribution in [0.2, 0.25) is 0 Å². The third kappa shape index (κ3) is 4.90. The fourth-order valence-electron chi connectivity index (χ4n) is 3.61. The number of rotatable bonds is 6. The molecule has 0 radical (unpaired) electrons. The number of anilines is 1. The summed E-state index contributed by atoms with van der Waals surface area (Å²) >= 11 is 0. The van der Waals surface area contributed by atoms with Crippen LogP contribution < -0.4 is 16.2 Å². The van der Waals surface area contributed by atoms with Crippen molar-refractivity contribution in [2.75, 3.05) is 5.32 Å². The molecule has 1 heterocycles. The zero-order valence-corrected chi connectivity index (χ0v) is 17.8. The van der Waals surface area contributed by atoms with Crippen molar-refractivity contribution in [1.29, 1.82) is 0 Å². The first-order valence-electron chi connectivity index (χ1n) is 10.3. The molecule has 0 saturated heterocycles. The Kier molecular flexibility index (Phi) is 6.17. The maximum absolute atomic E-state index is 12.6. The van der Waals surface area contributed by atoms with Gasteiger partial charge in [0, 0.05) is 23.1 Å². The predicted octanol–water partition coefficient (Wildman–Crippen LogP) is 3.72. The van der Waals surface area contributed by atoms with Crippen molar-refractivity contribution in [3.05, 3.63) is 94.3 Å². The number of carbonyl (C=O) groups is 2. The highest BCUT2D eigenvalue weighted by atomic mass is 16.4. The molecule has 0 aliphatic rings. The number of H-pyrrole nitrogens is 1. The molecule has 8 heteroatoms. The summed E-state index contributed by atoms with van der Waals surface area (Å²) in [5.41, 5.74) is 3.09. The Hall–Kier alpha value is -4.46. The van der Waals surface area contributed by atoms with Crippen LogP contribution in [0.25, 0.3) is 22.0 Å². The van der Waals surface area contributed by atoms with Gasteiger partial charge in [-0.3, -0.25) is 4.79 Å². The number of carboxylic acid groups (broad SMARTS) is 1. The van der Waals surface area contributed by atoms with Gasteiger partial charge < -0.3 is 15.7 Å². The smallest absolute Gasteiger partial charge is 0.326 e. The Morgan fingerprint density at radius 1 is 1.00 bits per heavy atom. The first-order valence-corrected chi connectivity index (χ1v) is 10.3. The van der Waals surface area contributed by atoms with E-state index in [1.54, 1.807) is 18.2 Å². The van der Waals surface area contributed by atoms with E-state index in [1.807, 2.05) is 61.5 Å². The van der Waals surface area contributed by atoms with Crippen LogP contribution in [0.15, 0.2) is 77.6 Å². The molecule has 0 unspecified atom stereocenters. The Morgan fingerprint density at radius 3 is 2.42 bits per heavy atom. The van der Waals surface area contributed by atoms with Crippen LogP contribution in [0.4, 0.5) is 10.5 Å². The van der Waals surface area contributed by atoms with Crippen molar-refractivity contribution in [1.82, 2.24) is 15.5 Å². The van der Waals surface area contributed by atoms with Crippen molar-refractivity contribution in [2.45, 2.75) is 19.4 Å². The summed E-state index contributed by atoms with van der Waals surface area (Å²) in [6.45, 7) is 1.83. The number of aromatic amines is 1. The minimum absolute atomic E-state index is 0.163. The Morgan fingerprint density at radius 2 is 1.70 bits per heavy atom. The van der Waals surface area contributed by atoms with Crippen LogP contribution in [0.3, 0.4) is 0 Å². The number of carbonyl (C=O) groups excluding carboxylic acids is 1. The maximum Gasteiger partial charge on any atom is 0.326 e. The number of carboxylic acids is 1. The maximum atomic E-state index is 12.6. The van der Waals surface area contributed by atoms with Crippen molar-refractivity contribution in [2.24, 2.45) is 0 Å². The topological polar surface area (TPSA) is 124 Å². The molecule has 33 heavy (non-hydrogen) atoms. The molecule has 2 amide bonds. The SMILES string of the molecule is Cc1ccc(-c2n[nH]c(=O)c3ccccc23)cc1NC(=O)N[C@H](Cc1ccccc1)C(=O)O. The van der Waals surface area contributed by atoms with Crippen molar-refractivity contribution < 1.29 is 14.7 Å². The van der Waals surface area contributed by atoms with E-state index >= 15 is 0 Å². The lowest BCUT2D eigenvalue weighted by atomic mass is 10.0. The van der Waals surface area contributed by atoms with Crippen LogP contribution in [-0.2, 0) is 11.2 Å². The van der Waals surface area contributed by atoms with Crippen LogP contribution in [-0.4, -0.2) is 33.3 Å². The van der Waals surface area contributed by atoms with Crippen LogP contribution in [0.5, 0.6) is 0 Å². The monoisotopic (exact) mass is 442 g/mol. The first-order chi connectivity index (χ1) is 15.9. The number of aryl methyl sites for hydroxylation is 1. The largest absolute Gasteiger partial charge is 0.480 e. The minimum atomic E-state index is -1.12. The third-order valence-electron chi connectivity index (χ3n) is 5.34. The van der Waals surface area contributed by atoms with Crippen LogP contribution >= 0.6 is 0 Å². The summed E-state index contributed by atoms with van der Waals surface area (Å²) in [6.07, 6.45) is 0.163. The zero-order valence-electron chi connectivity index (χ0n) is 17.8. The number of benzene rings is 3. The van der Waals surface area contributed by atoms with E-state index < -0.39 is 18.0 Å². The van der Waals surface area contributed by atoms with Gasteiger partial charge in [-0.15, -0.1) is 0 Å². The van der Waals surface area contributed by atoms with E-state index in [0.717, 1.165) is 11.1 Å². The van der Waals surface area contributed by atoms with Gasteiger partial charge in [0.1, 0.15) is 6.04 Å². The first kappa shape index (κ1) is 21.8. The van der Waals surface area contributed by atoms with Gasteiger partial charge in [0.25, 0.3) is 5.56 Å². The number of hydrogen-bond acceptors (Lipinski definition) is 4. The second-order valence-electron chi connectivity index (χ2n) is 7.66. The molecule has 0 aliphatic heterocycles. The number of amides is 2. The number of fused-ring (bicyclic) bond motifs is 1. The Labute approximate surface area is 189 Å². The summed E-state index contributed by atoms with van der Waals surface area (Å²) in [4.78, 5) is 36.4. The molecule has 0 bridgehead atoms. The minimum Gasteiger partial charge on any atom is -0.480 e. The van der Waals surface area contributed by atoms with Gasteiger partial charge in [-0.1, -0.05) is 60.7 Å². The molecule has 4 rings (SSSR count). The molecule has 1 atom stereocenters. The number of aromatic nitrogens is 2. The van der Waals surface area contributed by atoms with Gasteiger partial charge in [-0.05, 0) is 30.2 Å². The fourth-order valence-corrected chi connectivity index (χ4v) is 3.61. The third-order valence-corrected chi connectivity index (χ3v) is 5.34. The van der Waals surface area contributed by atoms with E-state index in [-0.39, 0.29) is 12.0 Å². The normalized spacial score (nSPS) is 11.7. The molecule has 0 spiro atoms. The quantitative estimate of drug-likeness (QED) is 0.362. The second kappa shape index (κ2) is 9.35. The molecule has 4 aromatic rings. The molecule has 0 saturated carbocycles. The number of urea groups is 1. The lowest BCUT2D eigenvalue weighted by Gasteiger charge is -2.17. The highest BCUT2D eigenvalue weighted by molar-refractivity contribution is 5.96. The fraction of sp³-hybridized carbons (Fsp3) is 0.120.